The van der Waals surface area contributed by atoms with E-state index < -0.39 is 0 Å². The zero-order valence-electron chi connectivity index (χ0n) is 23.2. The highest BCUT2D eigenvalue weighted by atomic mass is 16.5. The Morgan fingerprint density at radius 2 is 1.28 bits per heavy atom. The molecular weight excluding hydrogens is 456 g/mol. The van der Waals surface area contributed by atoms with Crippen molar-refractivity contribution in [2.75, 3.05) is 26.4 Å². The van der Waals surface area contributed by atoms with Crippen molar-refractivity contribution >= 4 is 18.0 Å². The second kappa shape index (κ2) is 18.7. The summed E-state index contributed by atoms with van der Waals surface area (Å²) in [7, 11) is 0. The van der Waals surface area contributed by atoms with Crippen LogP contribution in [0.5, 0.6) is 11.5 Å². The molecule has 6 heteroatoms. The summed E-state index contributed by atoms with van der Waals surface area (Å²) in [4.78, 5) is 23.9. The lowest BCUT2D eigenvalue weighted by Crippen LogP contribution is -2.26. The quantitative estimate of drug-likeness (QED) is 0.104. The summed E-state index contributed by atoms with van der Waals surface area (Å²) >= 11 is 0. The largest absolute Gasteiger partial charge is 0.490 e. The predicted molar refractivity (Wildman–Crippen MR) is 145 cm³/mol. The van der Waals surface area contributed by atoms with Crippen LogP contribution in [0.25, 0.3) is 6.08 Å². The lowest BCUT2D eigenvalue weighted by Gasteiger charge is -2.20. The molecule has 0 fully saturated rings. The smallest absolute Gasteiger partial charge is 0.330 e. The third-order valence-corrected chi connectivity index (χ3v) is 6.18. The fourth-order valence-electron chi connectivity index (χ4n) is 3.50. The Balaban J connectivity index is 2.05. The average molecular weight is 505 g/mol. The van der Waals surface area contributed by atoms with Gasteiger partial charge >= 0.3 is 11.9 Å². The number of carbonyl (C=O) groups excluding carboxylic acids is 2. The first-order chi connectivity index (χ1) is 17.3. The molecule has 0 aliphatic carbocycles. The molecule has 0 N–H and O–H groups in total. The van der Waals surface area contributed by atoms with E-state index in [2.05, 4.69) is 0 Å². The second-order valence-electron chi connectivity index (χ2n) is 9.63. The summed E-state index contributed by atoms with van der Waals surface area (Å²) < 4.78 is 21.9. The van der Waals surface area contributed by atoms with Crippen molar-refractivity contribution in [1.82, 2.24) is 0 Å². The maximum atomic E-state index is 12.0. The highest BCUT2D eigenvalue weighted by molar-refractivity contribution is 5.87. The fourth-order valence-corrected chi connectivity index (χ4v) is 3.50. The van der Waals surface area contributed by atoms with Crippen LogP contribution in [0.15, 0.2) is 24.3 Å². The summed E-state index contributed by atoms with van der Waals surface area (Å²) in [6, 6.07) is 5.60. The average Bonchev–Trinajstić information content (AvgIpc) is 2.86. The molecule has 1 aromatic rings. The zero-order valence-corrected chi connectivity index (χ0v) is 23.2. The van der Waals surface area contributed by atoms with Gasteiger partial charge in [0, 0.05) is 6.08 Å². The Morgan fingerprint density at radius 3 is 1.83 bits per heavy atom. The van der Waals surface area contributed by atoms with Crippen molar-refractivity contribution in [1.29, 1.82) is 0 Å². The molecule has 0 radical (unpaired) electrons. The second-order valence-corrected chi connectivity index (χ2v) is 9.63. The molecule has 0 aliphatic rings. The fraction of sp³-hybridized carbons (Fsp3) is 0.667. The molecule has 0 heterocycles. The molecule has 0 atom stereocenters. The van der Waals surface area contributed by atoms with Crippen molar-refractivity contribution in [3.63, 3.8) is 0 Å². The highest BCUT2D eigenvalue weighted by Crippen LogP contribution is 2.29. The first-order valence-electron chi connectivity index (χ1n) is 13.8. The summed E-state index contributed by atoms with van der Waals surface area (Å²) in [5.74, 6) is 0.960. The molecule has 0 spiro atoms. The molecule has 0 bridgehead atoms. The Morgan fingerprint density at radius 1 is 0.750 bits per heavy atom. The summed E-state index contributed by atoms with van der Waals surface area (Å²) in [6.45, 7) is 11.8. The van der Waals surface area contributed by atoms with Crippen molar-refractivity contribution in [3.8, 4) is 11.5 Å². The molecule has 36 heavy (non-hydrogen) atoms. The molecule has 204 valence electrons. The van der Waals surface area contributed by atoms with E-state index in [9.17, 15) is 9.59 Å². The third kappa shape index (κ3) is 13.6. The van der Waals surface area contributed by atoms with Gasteiger partial charge in [-0.1, -0.05) is 57.9 Å². The molecule has 0 amide bonds. The molecular formula is C30H48O6. The molecule has 0 aliphatic heterocycles. The van der Waals surface area contributed by atoms with Gasteiger partial charge in [0.2, 0.25) is 0 Å². The van der Waals surface area contributed by atoms with Gasteiger partial charge in [-0.25, -0.2) is 4.79 Å². The first-order valence-corrected chi connectivity index (χ1v) is 13.8. The lowest BCUT2D eigenvalue weighted by molar-refractivity contribution is -0.154. The van der Waals surface area contributed by atoms with E-state index in [0.29, 0.717) is 37.9 Å². The number of ether oxygens (including phenoxy) is 4. The van der Waals surface area contributed by atoms with Crippen LogP contribution in [-0.2, 0) is 19.1 Å². The SMILES string of the molecule is CCOc1ccc(C=CC(=O)OCCCCCCCCCCCOC(=O)C(C)(C)CC)cc1OCC. The number of hydrogen-bond acceptors (Lipinski definition) is 6. The van der Waals surface area contributed by atoms with Crippen LogP contribution in [-0.4, -0.2) is 38.4 Å². The zero-order chi connectivity index (χ0) is 26.7. The molecule has 1 rings (SSSR count). The van der Waals surface area contributed by atoms with Crippen LogP contribution < -0.4 is 9.47 Å². The number of esters is 2. The lowest BCUT2D eigenvalue weighted by atomic mass is 9.91. The van der Waals surface area contributed by atoms with Gasteiger partial charge in [0.15, 0.2) is 11.5 Å². The minimum Gasteiger partial charge on any atom is -0.490 e. The van der Waals surface area contributed by atoms with E-state index in [0.717, 1.165) is 44.1 Å². The van der Waals surface area contributed by atoms with Gasteiger partial charge in [0.25, 0.3) is 0 Å². The first kappa shape index (κ1) is 31.5. The number of unbranched alkanes of at least 4 members (excludes halogenated alkanes) is 8. The van der Waals surface area contributed by atoms with E-state index in [-0.39, 0.29) is 17.4 Å². The molecule has 0 saturated carbocycles. The summed E-state index contributed by atoms with van der Waals surface area (Å²) in [5.41, 5.74) is 0.487. The van der Waals surface area contributed by atoms with E-state index >= 15 is 0 Å². The molecule has 0 aromatic heterocycles. The van der Waals surface area contributed by atoms with Crippen molar-refractivity contribution in [2.45, 2.75) is 98.8 Å². The van der Waals surface area contributed by atoms with Crippen LogP contribution in [0.1, 0.15) is 104 Å². The predicted octanol–water partition coefficient (Wildman–Crippen LogP) is 7.53. The highest BCUT2D eigenvalue weighted by Gasteiger charge is 2.26. The van der Waals surface area contributed by atoms with Crippen LogP contribution in [0.4, 0.5) is 0 Å². The van der Waals surface area contributed by atoms with E-state index in [1.807, 2.05) is 52.8 Å². The standard InChI is InChI=1S/C30H48O6/c1-6-30(4,5)29(32)36-23-17-15-13-11-9-10-12-14-16-22-35-28(31)21-19-25-18-20-26(33-7-2)27(24-25)34-8-3/h18-21,24H,6-17,22-23H2,1-5H3. The Hall–Kier alpha value is -2.50. The van der Waals surface area contributed by atoms with Crippen LogP contribution in [0.2, 0.25) is 0 Å². The monoisotopic (exact) mass is 504 g/mol. The Labute approximate surface area is 218 Å². The van der Waals surface area contributed by atoms with Crippen molar-refractivity contribution in [3.05, 3.63) is 29.8 Å². The van der Waals surface area contributed by atoms with Crippen LogP contribution in [0, 0.1) is 5.41 Å². The van der Waals surface area contributed by atoms with E-state index in [4.69, 9.17) is 18.9 Å². The maximum Gasteiger partial charge on any atom is 0.330 e. The van der Waals surface area contributed by atoms with E-state index in [1.165, 1.54) is 31.8 Å². The minimum atomic E-state index is -0.375. The van der Waals surface area contributed by atoms with Gasteiger partial charge in [0.05, 0.1) is 31.8 Å². The topological polar surface area (TPSA) is 71.1 Å². The molecule has 1 aromatic carbocycles. The number of hydrogen-bond donors (Lipinski definition) is 0. The summed E-state index contributed by atoms with van der Waals surface area (Å²) in [5, 5.41) is 0. The van der Waals surface area contributed by atoms with Crippen LogP contribution >= 0.6 is 0 Å². The molecule has 0 saturated heterocycles. The van der Waals surface area contributed by atoms with E-state index in [1.54, 1.807) is 6.08 Å². The third-order valence-electron chi connectivity index (χ3n) is 6.18. The molecule has 0 unspecified atom stereocenters. The summed E-state index contributed by atoms with van der Waals surface area (Å²) in [6.07, 6.45) is 14.0. The number of benzene rings is 1. The van der Waals surface area contributed by atoms with Crippen molar-refractivity contribution in [2.24, 2.45) is 5.41 Å². The van der Waals surface area contributed by atoms with Gasteiger partial charge in [-0.3, -0.25) is 4.79 Å². The molecule has 6 nitrogen and oxygen atoms in total. The normalized spacial score (nSPS) is 11.5. The Kier molecular flexibility index (Phi) is 16.4. The number of carbonyl (C=O) groups is 2. The van der Waals surface area contributed by atoms with Gasteiger partial charge in [-0.05, 0) is 70.7 Å². The van der Waals surface area contributed by atoms with Gasteiger partial charge in [-0.2, -0.15) is 0 Å². The maximum absolute atomic E-state index is 12.0. The van der Waals surface area contributed by atoms with Gasteiger partial charge in [-0.15, -0.1) is 0 Å². The van der Waals surface area contributed by atoms with Gasteiger partial charge in [0.1, 0.15) is 0 Å². The Bertz CT molecular complexity index is 784. The minimum absolute atomic E-state index is 0.0876. The van der Waals surface area contributed by atoms with Gasteiger partial charge < -0.3 is 18.9 Å². The van der Waals surface area contributed by atoms with Crippen molar-refractivity contribution < 1.29 is 28.5 Å². The number of rotatable bonds is 20. The van der Waals surface area contributed by atoms with Crippen LogP contribution in [0.3, 0.4) is 0 Å².